The van der Waals surface area contributed by atoms with E-state index in [1.807, 2.05) is 26.8 Å². The van der Waals surface area contributed by atoms with E-state index in [1.54, 1.807) is 24.3 Å². The second-order valence-electron chi connectivity index (χ2n) is 6.04. The van der Waals surface area contributed by atoms with Crippen molar-refractivity contribution in [3.63, 3.8) is 0 Å². The molecule has 0 spiro atoms. The van der Waals surface area contributed by atoms with Crippen LogP contribution in [0.5, 0.6) is 0 Å². The summed E-state index contributed by atoms with van der Waals surface area (Å²) in [7, 11) is 0. The number of aryl methyl sites for hydroxylation is 3. The first kappa shape index (κ1) is 16.9. The summed E-state index contributed by atoms with van der Waals surface area (Å²) in [5.74, 6) is 1.45. The predicted molar refractivity (Wildman–Crippen MR) is 93.2 cm³/mol. The van der Waals surface area contributed by atoms with Gasteiger partial charge >= 0.3 is 0 Å². The normalized spacial score (nSPS) is 12.3. The van der Waals surface area contributed by atoms with Crippen molar-refractivity contribution >= 4 is 16.8 Å². The van der Waals surface area contributed by atoms with Crippen molar-refractivity contribution in [2.24, 2.45) is 0 Å². The topological polar surface area (TPSA) is 90.0 Å². The number of rotatable bonds is 5. The van der Waals surface area contributed by atoms with Crippen molar-refractivity contribution < 1.29 is 9.21 Å². The van der Waals surface area contributed by atoms with Crippen LogP contribution in [0.15, 0.2) is 39.5 Å². The van der Waals surface area contributed by atoms with Gasteiger partial charge in [-0.2, -0.15) is 0 Å². The molecule has 0 aliphatic rings. The molecular formula is C18H20N4O3. The zero-order valence-corrected chi connectivity index (χ0v) is 14.4. The Labute approximate surface area is 144 Å². The van der Waals surface area contributed by atoms with Gasteiger partial charge < -0.3 is 9.73 Å². The maximum atomic E-state index is 12.3. The smallest absolute Gasteiger partial charge is 0.277 e. The summed E-state index contributed by atoms with van der Waals surface area (Å²) in [5, 5.41) is 11.3. The molecule has 130 valence electrons. The first-order valence-corrected chi connectivity index (χ1v) is 8.14. The van der Waals surface area contributed by atoms with Crippen molar-refractivity contribution in [2.75, 3.05) is 0 Å². The molecule has 3 rings (SSSR count). The molecule has 1 amide bonds. The molecule has 1 N–H and O–H groups in total. The number of carbonyl (C=O) groups excluding carboxylic acids is 1. The molecule has 1 atom stereocenters. The fourth-order valence-corrected chi connectivity index (χ4v) is 2.85. The van der Waals surface area contributed by atoms with Crippen LogP contribution in [0.2, 0.25) is 0 Å². The van der Waals surface area contributed by atoms with Crippen LogP contribution >= 0.6 is 0 Å². The minimum atomic E-state index is -0.243. The highest BCUT2D eigenvalue weighted by Crippen LogP contribution is 2.21. The van der Waals surface area contributed by atoms with E-state index in [4.69, 9.17) is 4.42 Å². The largest absolute Gasteiger partial charge is 0.466 e. The van der Waals surface area contributed by atoms with Gasteiger partial charge in [-0.25, -0.2) is 4.68 Å². The summed E-state index contributed by atoms with van der Waals surface area (Å²) in [6.07, 6.45) is 0.146. The molecule has 0 aliphatic heterocycles. The van der Waals surface area contributed by atoms with Crippen LogP contribution in [-0.2, 0) is 11.3 Å². The molecule has 0 radical (unpaired) electrons. The van der Waals surface area contributed by atoms with Gasteiger partial charge in [0, 0.05) is 12.0 Å². The van der Waals surface area contributed by atoms with E-state index >= 15 is 0 Å². The highest BCUT2D eigenvalue weighted by molar-refractivity contribution is 5.77. The highest BCUT2D eigenvalue weighted by atomic mass is 16.3. The second kappa shape index (κ2) is 6.88. The van der Waals surface area contributed by atoms with E-state index in [-0.39, 0.29) is 30.5 Å². The lowest BCUT2D eigenvalue weighted by molar-refractivity contribution is -0.122. The molecule has 7 heteroatoms. The Balaban J connectivity index is 1.65. The Morgan fingerprint density at radius 1 is 1.32 bits per heavy atom. The predicted octanol–water partition coefficient (Wildman–Crippen LogP) is 2.27. The SMILES string of the molecule is Cc1cc([C@H](C)NC(=O)CCn2nnc3ccccc3c2=O)c(C)o1. The van der Waals surface area contributed by atoms with Gasteiger partial charge in [-0.3, -0.25) is 9.59 Å². The van der Waals surface area contributed by atoms with Crippen LogP contribution in [-0.4, -0.2) is 20.9 Å². The molecule has 0 saturated heterocycles. The van der Waals surface area contributed by atoms with Crippen LogP contribution in [0.25, 0.3) is 10.9 Å². The monoisotopic (exact) mass is 340 g/mol. The van der Waals surface area contributed by atoms with E-state index in [0.29, 0.717) is 10.9 Å². The number of nitrogens with zero attached hydrogens (tertiary/aromatic N) is 3. The first-order chi connectivity index (χ1) is 12.0. The fourth-order valence-electron chi connectivity index (χ4n) is 2.85. The molecule has 1 aromatic carbocycles. The van der Waals surface area contributed by atoms with Crippen LogP contribution in [0.1, 0.15) is 36.5 Å². The number of fused-ring (bicyclic) bond motifs is 1. The number of carbonyl (C=O) groups is 1. The third-order valence-electron chi connectivity index (χ3n) is 4.10. The van der Waals surface area contributed by atoms with Gasteiger partial charge in [0.1, 0.15) is 17.0 Å². The lowest BCUT2D eigenvalue weighted by atomic mass is 10.1. The molecule has 0 aliphatic carbocycles. The Kier molecular flexibility index (Phi) is 4.65. The van der Waals surface area contributed by atoms with E-state index in [0.717, 1.165) is 17.1 Å². The van der Waals surface area contributed by atoms with Crippen molar-refractivity contribution in [1.82, 2.24) is 20.3 Å². The molecular weight excluding hydrogens is 320 g/mol. The summed E-state index contributed by atoms with van der Waals surface area (Å²) in [6.45, 7) is 5.82. The summed E-state index contributed by atoms with van der Waals surface area (Å²) in [6, 6.07) is 8.77. The summed E-state index contributed by atoms with van der Waals surface area (Å²) in [5.41, 5.74) is 1.26. The fraction of sp³-hybridized carbons (Fsp3) is 0.333. The Morgan fingerprint density at radius 2 is 2.08 bits per heavy atom. The van der Waals surface area contributed by atoms with Crippen LogP contribution in [0.3, 0.4) is 0 Å². The summed E-state index contributed by atoms with van der Waals surface area (Å²) >= 11 is 0. The standard InChI is InChI=1S/C18H20N4O3/c1-11-10-15(13(3)25-11)12(2)19-17(23)8-9-22-18(24)14-6-4-5-7-16(14)20-21-22/h4-7,10,12H,8-9H2,1-3H3,(H,19,23)/t12-/m0/s1. The van der Waals surface area contributed by atoms with E-state index in [2.05, 4.69) is 15.6 Å². The lowest BCUT2D eigenvalue weighted by Crippen LogP contribution is -2.30. The van der Waals surface area contributed by atoms with Gasteiger partial charge in [0.25, 0.3) is 5.56 Å². The molecule has 7 nitrogen and oxygen atoms in total. The number of aromatic nitrogens is 3. The molecule has 0 saturated carbocycles. The van der Waals surface area contributed by atoms with Gasteiger partial charge in [0.15, 0.2) is 0 Å². The second-order valence-corrected chi connectivity index (χ2v) is 6.04. The Hall–Kier alpha value is -2.96. The van der Waals surface area contributed by atoms with Crippen molar-refractivity contribution in [3.05, 3.63) is 57.8 Å². The van der Waals surface area contributed by atoms with Gasteiger partial charge in [-0.15, -0.1) is 5.10 Å². The first-order valence-electron chi connectivity index (χ1n) is 8.14. The van der Waals surface area contributed by atoms with E-state index in [1.165, 1.54) is 4.68 Å². The van der Waals surface area contributed by atoms with Crippen molar-refractivity contribution in [1.29, 1.82) is 0 Å². The lowest BCUT2D eigenvalue weighted by Gasteiger charge is -2.13. The van der Waals surface area contributed by atoms with Crippen LogP contribution < -0.4 is 10.9 Å². The van der Waals surface area contributed by atoms with Gasteiger partial charge in [-0.1, -0.05) is 17.3 Å². The molecule has 0 unspecified atom stereocenters. The van der Waals surface area contributed by atoms with Gasteiger partial charge in [-0.05, 0) is 39.0 Å². The number of amides is 1. The third kappa shape index (κ3) is 3.60. The quantitative estimate of drug-likeness (QED) is 0.769. The molecule has 0 bridgehead atoms. The van der Waals surface area contributed by atoms with Gasteiger partial charge in [0.05, 0.1) is 18.0 Å². The average molecular weight is 340 g/mol. The molecule has 2 heterocycles. The van der Waals surface area contributed by atoms with E-state index in [9.17, 15) is 9.59 Å². The summed E-state index contributed by atoms with van der Waals surface area (Å²) in [4.78, 5) is 24.5. The van der Waals surface area contributed by atoms with Gasteiger partial charge in [0.2, 0.25) is 5.91 Å². The Bertz CT molecular complexity index is 974. The summed E-state index contributed by atoms with van der Waals surface area (Å²) < 4.78 is 6.71. The number of benzene rings is 1. The molecule has 2 aromatic heterocycles. The Morgan fingerprint density at radius 3 is 2.80 bits per heavy atom. The number of hydrogen-bond acceptors (Lipinski definition) is 5. The minimum absolute atomic E-state index is 0.146. The highest BCUT2D eigenvalue weighted by Gasteiger charge is 2.15. The van der Waals surface area contributed by atoms with Crippen LogP contribution in [0, 0.1) is 13.8 Å². The zero-order chi connectivity index (χ0) is 18.0. The van der Waals surface area contributed by atoms with Crippen molar-refractivity contribution in [2.45, 2.75) is 39.8 Å². The average Bonchev–Trinajstić information content (AvgIpc) is 2.93. The number of nitrogens with one attached hydrogen (secondary N) is 1. The van der Waals surface area contributed by atoms with Crippen molar-refractivity contribution in [3.8, 4) is 0 Å². The zero-order valence-electron chi connectivity index (χ0n) is 14.4. The number of furan rings is 1. The van der Waals surface area contributed by atoms with E-state index < -0.39 is 0 Å². The number of hydrogen-bond donors (Lipinski definition) is 1. The molecule has 0 fully saturated rings. The van der Waals surface area contributed by atoms with Crippen LogP contribution in [0.4, 0.5) is 0 Å². The molecule has 25 heavy (non-hydrogen) atoms. The molecule has 3 aromatic rings. The minimum Gasteiger partial charge on any atom is -0.466 e. The maximum Gasteiger partial charge on any atom is 0.277 e. The third-order valence-corrected chi connectivity index (χ3v) is 4.10. The maximum absolute atomic E-state index is 12.3.